The molecule has 26 heavy (non-hydrogen) atoms. The van der Waals surface area contributed by atoms with Gasteiger partial charge in [0.05, 0.1) is 5.92 Å². The molecular formula is C20H35N3O3. The van der Waals surface area contributed by atoms with Crippen molar-refractivity contribution in [1.82, 2.24) is 15.5 Å². The van der Waals surface area contributed by atoms with Crippen LogP contribution in [0.2, 0.25) is 0 Å². The lowest BCUT2D eigenvalue weighted by Crippen LogP contribution is -2.45. The number of piperidine rings is 2. The standard InChI is InChI=1S/C20H35N3O3/c24-19(22-18-3-1-17(2-4-18)20(25)26)16-8-13-23(14-9-16)12-7-15-5-10-21-11-6-15/h15-18,21H,1-14H2,(H,22,24)(H,25,26)/t17-,18-. The van der Waals surface area contributed by atoms with Crippen molar-refractivity contribution in [2.24, 2.45) is 17.8 Å². The van der Waals surface area contributed by atoms with Crippen molar-refractivity contribution < 1.29 is 14.7 Å². The molecule has 3 fully saturated rings. The number of nitrogens with zero attached hydrogens (tertiary/aromatic N) is 1. The largest absolute Gasteiger partial charge is 0.481 e. The Labute approximate surface area is 157 Å². The first-order valence-electron chi connectivity index (χ1n) is 10.6. The fraction of sp³-hybridized carbons (Fsp3) is 0.900. The lowest BCUT2D eigenvalue weighted by Gasteiger charge is -2.34. The third-order valence-electron chi connectivity index (χ3n) is 6.69. The van der Waals surface area contributed by atoms with Gasteiger partial charge in [-0.1, -0.05) is 0 Å². The summed E-state index contributed by atoms with van der Waals surface area (Å²) in [7, 11) is 0. The van der Waals surface area contributed by atoms with Crippen LogP contribution in [-0.2, 0) is 9.59 Å². The van der Waals surface area contributed by atoms with Crippen LogP contribution in [0.3, 0.4) is 0 Å². The zero-order valence-electron chi connectivity index (χ0n) is 15.9. The molecule has 3 rings (SSSR count). The average molecular weight is 366 g/mol. The van der Waals surface area contributed by atoms with Crippen molar-refractivity contribution in [3.63, 3.8) is 0 Å². The summed E-state index contributed by atoms with van der Waals surface area (Å²) in [6.45, 7) is 5.59. The highest BCUT2D eigenvalue weighted by Crippen LogP contribution is 2.26. The molecule has 0 radical (unpaired) electrons. The van der Waals surface area contributed by atoms with Crippen LogP contribution in [-0.4, -0.2) is 60.6 Å². The monoisotopic (exact) mass is 365 g/mol. The molecule has 0 aromatic rings. The molecule has 0 aromatic carbocycles. The fourth-order valence-corrected chi connectivity index (χ4v) is 4.76. The van der Waals surface area contributed by atoms with E-state index in [-0.39, 0.29) is 23.8 Å². The van der Waals surface area contributed by atoms with Gasteiger partial charge < -0.3 is 20.6 Å². The van der Waals surface area contributed by atoms with Gasteiger partial charge in [0.15, 0.2) is 0 Å². The Morgan fingerprint density at radius 2 is 1.58 bits per heavy atom. The van der Waals surface area contributed by atoms with E-state index in [1.54, 1.807) is 0 Å². The number of hydrogen-bond donors (Lipinski definition) is 3. The minimum Gasteiger partial charge on any atom is -0.481 e. The van der Waals surface area contributed by atoms with Crippen molar-refractivity contribution in [3.8, 4) is 0 Å². The van der Waals surface area contributed by atoms with Crippen molar-refractivity contribution >= 4 is 11.9 Å². The van der Waals surface area contributed by atoms with Crippen LogP contribution in [0.5, 0.6) is 0 Å². The fourth-order valence-electron chi connectivity index (χ4n) is 4.76. The zero-order valence-corrected chi connectivity index (χ0v) is 15.9. The number of carbonyl (C=O) groups is 2. The molecule has 1 amide bonds. The molecule has 0 unspecified atom stereocenters. The normalized spacial score (nSPS) is 29.4. The predicted molar refractivity (Wildman–Crippen MR) is 101 cm³/mol. The van der Waals surface area contributed by atoms with Crippen molar-refractivity contribution in [2.75, 3.05) is 32.7 Å². The smallest absolute Gasteiger partial charge is 0.306 e. The van der Waals surface area contributed by atoms with Crippen LogP contribution in [0.1, 0.15) is 57.8 Å². The van der Waals surface area contributed by atoms with E-state index in [4.69, 9.17) is 5.11 Å². The van der Waals surface area contributed by atoms with Gasteiger partial charge >= 0.3 is 5.97 Å². The van der Waals surface area contributed by atoms with Crippen LogP contribution < -0.4 is 10.6 Å². The molecule has 2 heterocycles. The number of hydrogen-bond acceptors (Lipinski definition) is 4. The first kappa shape index (κ1) is 19.6. The molecule has 0 aromatic heterocycles. The highest BCUT2D eigenvalue weighted by atomic mass is 16.4. The quantitative estimate of drug-likeness (QED) is 0.669. The highest BCUT2D eigenvalue weighted by molar-refractivity contribution is 5.79. The number of likely N-dealkylation sites (tertiary alicyclic amines) is 1. The van der Waals surface area contributed by atoms with Crippen molar-refractivity contribution in [3.05, 3.63) is 0 Å². The van der Waals surface area contributed by atoms with Crippen LogP contribution in [0, 0.1) is 17.8 Å². The lowest BCUT2D eigenvalue weighted by atomic mass is 9.85. The Kier molecular flexibility index (Phi) is 7.32. The second-order valence-corrected chi connectivity index (χ2v) is 8.49. The molecule has 2 aliphatic heterocycles. The molecule has 1 saturated carbocycles. The zero-order chi connectivity index (χ0) is 18.4. The summed E-state index contributed by atoms with van der Waals surface area (Å²) in [5, 5.41) is 15.7. The third kappa shape index (κ3) is 5.68. The Bertz CT molecular complexity index is 463. The first-order chi connectivity index (χ1) is 12.6. The summed E-state index contributed by atoms with van der Waals surface area (Å²) in [5.74, 6) is 0.306. The molecule has 2 saturated heterocycles. The van der Waals surface area contributed by atoms with E-state index in [2.05, 4.69) is 15.5 Å². The molecule has 0 bridgehead atoms. The van der Waals surface area contributed by atoms with Crippen LogP contribution in [0.15, 0.2) is 0 Å². The van der Waals surface area contributed by atoms with E-state index in [0.717, 1.165) is 44.7 Å². The summed E-state index contributed by atoms with van der Waals surface area (Å²) >= 11 is 0. The molecule has 3 N–H and O–H groups in total. The van der Waals surface area contributed by atoms with E-state index in [1.807, 2.05) is 0 Å². The summed E-state index contributed by atoms with van der Waals surface area (Å²) in [5.41, 5.74) is 0. The summed E-state index contributed by atoms with van der Waals surface area (Å²) in [4.78, 5) is 26.1. The van der Waals surface area contributed by atoms with E-state index >= 15 is 0 Å². The topological polar surface area (TPSA) is 81.7 Å². The minimum absolute atomic E-state index is 0.141. The number of amides is 1. The number of rotatable bonds is 6. The molecule has 148 valence electrons. The second-order valence-electron chi connectivity index (χ2n) is 8.49. The maximum absolute atomic E-state index is 12.5. The average Bonchev–Trinajstić information content (AvgIpc) is 2.68. The van der Waals surface area contributed by atoms with Gasteiger partial charge in [0.1, 0.15) is 0 Å². The van der Waals surface area contributed by atoms with Gasteiger partial charge in [-0.05, 0) is 96.4 Å². The van der Waals surface area contributed by atoms with Gasteiger partial charge in [-0.25, -0.2) is 0 Å². The molecular weight excluding hydrogens is 330 g/mol. The third-order valence-corrected chi connectivity index (χ3v) is 6.69. The number of carboxylic acids is 1. The van der Waals surface area contributed by atoms with Crippen LogP contribution >= 0.6 is 0 Å². The van der Waals surface area contributed by atoms with Gasteiger partial charge in [-0.3, -0.25) is 9.59 Å². The molecule has 1 aliphatic carbocycles. The summed E-state index contributed by atoms with van der Waals surface area (Å²) in [6.07, 6.45) is 8.82. The van der Waals surface area contributed by atoms with Crippen molar-refractivity contribution in [1.29, 1.82) is 0 Å². The van der Waals surface area contributed by atoms with Gasteiger partial charge in [-0.15, -0.1) is 0 Å². The predicted octanol–water partition coefficient (Wildman–Crippen LogP) is 1.85. The Morgan fingerprint density at radius 3 is 2.19 bits per heavy atom. The molecule has 6 nitrogen and oxygen atoms in total. The van der Waals surface area contributed by atoms with Crippen LogP contribution in [0.25, 0.3) is 0 Å². The number of aliphatic carboxylic acids is 1. The van der Waals surface area contributed by atoms with Gasteiger partial charge in [-0.2, -0.15) is 0 Å². The maximum Gasteiger partial charge on any atom is 0.306 e. The molecule has 0 atom stereocenters. The van der Waals surface area contributed by atoms with Crippen LogP contribution in [0.4, 0.5) is 0 Å². The Hall–Kier alpha value is -1.14. The first-order valence-corrected chi connectivity index (χ1v) is 10.6. The van der Waals surface area contributed by atoms with E-state index in [9.17, 15) is 9.59 Å². The summed E-state index contributed by atoms with van der Waals surface area (Å²) in [6, 6.07) is 0.177. The van der Waals surface area contributed by atoms with Gasteiger partial charge in [0.2, 0.25) is 5.91 Å². The SMILES string of the molecule is O=C(N[C@H]1CC[C@H](C(=O)O)CC1)C1CCN(CCC2CCNCC2)CC1. The highest BCUT2D eigenvalue weighted by Gasteiger charge is 2.30. The minimum atomic E-state index is -0.688. The molecule has 0 spiro atoms. The van der Waals surface area contributed by atoms with E-state index in [0.29, 0.717) is 12.8 Å². The molecule has 3 aliphatic rings. The number of nitrogens with one attached hydrogen (secondary N) is 2. The van der Waals surface area contributed by atoms with Gasteiger partial charge in [0, 0.05) is 12.0 Å². The van der Waals surface area contributed by atoms with Gasteiger partial charge in [0.25, 0.3) is 0 Å². The summed E-state index contributed by atoms with van der Waals surface area (Å²) < 4.78 is 0. The molecule has 6 heteroatoms. The second kappa shape index (κ2) is 9.70. The van der Waals surface area contributed by atoms with E-state index < -0.39 is 5.97 Å². The number of carbonyl (C=O) groups excluding carboxylic acids is 1. The lowest BCUT2D eigenvalue weighted by molar-refractivity contribution is -0.142. The number of carboxylic acid groups (broad SMARTS) is 1. The van der Waals surface area contributed by atoms with E-state index in [1.165, 1.54) is 38.9 Å². The Balaban J connectivity index is 1.31. The van der Waals surface area contributed by atoms with Crippen molar-refractivity contribution in [2.45, 2.75) is 63.8 Å². The maximum atomic E-state index is 12.5. The Morgan fingerprint density at radius 1 is 0.923 bits per heavy atom.